The molecule has 2 heterocycles. The molecule has 1 aromatic carbocycles. The van der Waals surface area contributed by atoms with Gasteiger partial charge in [-0.3, -0.25) is 9.59 Å². The van der Waals surface area contributed by atoms with E-state index in [4.69, 9.17) is 11.6 Å². The van der Waals surface area contributed by atoms with Crippen molar-refractivity contribution >= 4 is 51.7 Å². The summed E-state index contributed by atoms with van der Waals surface area (Å²) in [6.07, 6.45) is 1.27. The number of benzene rings is 1. The van der Waals surface area contributed by atoms with Gasteiger partial charge in [-0.2, -0.15) is 0 Å². The summed E-state index contributed by atoms with van der Waals surface area (Å²) in [7, 11) is 1.78. The minimum atomic E-state index is -0.240. The number of anilines is 1. The van der Waals surface area contributed by atoms with E-state index in [-0.39, 0.29) is 29.0 Å². The fraction of sp³-hybridized carbons (Fsp3) is 0.409. The van der Waals surface area contributed by atoms with E-state index in [0.29, 0.717) is 45.6 Å². The fourth-order valence-electron chi connectivity index (χ4n) is 3.50. The number of hydrogen-bond acceptors (Lipinski definition) is 5. The molecule has 2 amide bonds. The molecule has 1 aliphatic heterocycles. The number of aromatic hydroxyl groups is 1. The molecule has 1 aromatic heterocycles. The van der Waals surface area contributed by atoms with E-state index in [1.807, 2.05) is 28.7 Å². The lowest BCUT2D eigenvalue weighted by Crippen LogP contribution is -2.60. The number of phenols is 1. The van der Waals surface area contributed by atoms with Crippen LogP contribution in [0.1, 0.15) is 42.6 Å². The van der Waals surface area contributed by atoms with Crippen LogP contribution < -0.4 is 10.6 Å². The van der Waals surface area contributed by atoms with E-state index in [1.165, 1.54) is 12.1 Å². The van der Waals surface area contributed by atoms with Crippen molar-refractivity contribution in [2.45, 2.75) is 38.8 Å². The summed E-state index contributed by atoms with van der Waals surface area (Å²) in [4.78, 5) is 30.5. The highest BCUT2D eigenvalue weighted by Gasteiger charge is 2.32. The molecule has 0 aliphatic carbocycles. The fourth-order valence-corrected chi connectivity index (χ4v) is 4.83. The van der Waals surface area contributed by atoms with Crippen molar-refractivity contribution in [2.24, 2.45) is 7.05 Å². The highest BCUT2D eigenvalue weighted by atomic mass is 127. The maximum atomic E-state index is 12.8. The minimum absolute atomic E-state index is 0.0495. The molecule has 0 atom stereocenters. The Morgan fingerprint density at radius 1 is 1.38 bits per heavy atom. The lowest BCUT2D eigenvalue weighted by Gasteiger charge is -2.38. The van der Waals surface area contributed by atoms with Gasteiger partial charge < -0.3 is 25.2 Å². The maximum absolute atomic E-state index is 12.8. The second-order valence-electron chi connectivity index (χ2n) is 8.80. The van der Waals surface area contributed by atoms with Gasteiger partial charge in [-0.15, -0.1) is 0 Å². The van der Waals surface area contributed by atoms with Crippen molar-refractivity contribution in [3.63, 3.8) is 0 Å². The molecule has 1 saturated heterocycles. The Morgan fingerprint density at radius 2 is 2.03 bits per heavy atom. The molecule has 8 nitrogen and oxygen atoms in total. The van der Waals surface area contributed by atoms with Crippen LogP contribution in [0.4, 0.5) is 5.69 Å². The second kappa shape index (κ2) is 9.30. The number of nitrogens with one attached hydrogen (secondary N) is 2. The van der Waals surface area contributed by atoms with Crippen LogP contribution in [0.3, 0.4) is 0 Å². The normalized spacial score (nSPS) is 14.1. The van der Waals surface area contributed by atoms with Gasteiger partial charge in [0.2, 0.25) is 5.91 Å². The third kappa shape index (κ3) is 5.03. The minimum Gasteiger partial charge on any atom is -0.506 e. The van der Waals surface area contributed by atoms with Crippen LogP contribution in [0.25, 0.3) is 0 Å². The van der Waals surface area contributed by atoms with E-state index in [2.05, 4.69) is 43.0 Å². The van der Waals surface area contributed by atoms with Gasteiger partial charge in [0.05, 0.1) is 18.3 Å². The Kier molecular flexibility index (Phi) is 7.09. The van der Waals surface area contributed by atoms with E-state index >= 15 is 0 Å². The van der Waals surface area contributed by atoms with Gasteiger partial charge in [0.15, 0.2) is 0 Å². The highest BCUT2D eigenvalue weighted by Crippen LogP contribution is 2.37. The molecular formula is C22H27ClIN5O3. The molecule has 0 spiro atoms. The van der Waals surface area contributed by atoms with Crippen molar-refractivity contribution in [1.29, 1.82) is 0 Å². The van der Waals surface area contributed by atoms with Crippen molar-refractivity contribution < 1.29 is 14.7 Å². The number of likely N-dealkylation sites (tertiary alicyclic amines) is 1. The summed E-state index contributed by atoms with van der Waals surface area (Å²) in [5.74, 6) is 0.312. The van der Waals surface area contributed by atoms with Crippen molar-refractivity contribution in [3.8, 4) is 5.75 Å². The molecule has 1 fully saturated rings. The van der Waals surface area contributed by atoms with Crippen LogP contribution in [0.15, 0.2) is 24.8 Å². The molecule has 2 aromatic rings. The van der Waals surface area contributed by atoms with Crippen LogP contribution in [0, 0.1) is 3.70 Å². The molecule has 172 valence electrons. The van der Waals surface area contributed by atoms with E-state index in [0.717, 1.165) is 5.56 Å². The summed E-state index contributed by atoms with van der Waals surface area (Å²) in [6.45, 7) is 10.9. The molecule has 0 unspecified atom stereocenters. The van der Waals surface area contributed by atoms with Gasteiger partial charge in [-0.25, -0.2) is 4.98 Å². The van der Waals surface area contributed by atoms with Crippen LogP contribution in [-0.4, -0.2) is 50.5 Å². The number of nitrogens with zero attached hydrogens (tertiary/aromatic N) is 3. The average molecular weight is 572 g/mol. The maximum Gasteiger partial charge on any atom is 0.271 e. The number of carbonyl (C=O) groups is 2. The molecule has 3 N–H and O–H groups in total. The first-order valence-electron chi connectivity index (χ1n) is 10.1. The zero-order chi connectivity index (χ0) is 23.8. The van der Waals surface area contributed by atoms with Gasteiger partial charge in [0.25, 0.3) is 5.91 Å². The Hall–Kier alpha value is -2.27. The SMILES string of the molecule is C=CC(=O)N1CC(NC(=O)c2c(I)nc(CNc3cc(C(C)(C)C)c(Cl)cc3O)n2C)C1. The zero-order valence-corrected chi connectivity index (χ0v) is 21.4. The molecule has 0 bridgehead atoms. The van der Waals surface area contributed by atoms with Gasteiger partial charge >= 0.3 is 0 Å². The first-order valence-corrected chi connectivity index (χ1v) is 11.6. The number of phenolic OH excluding ortho intramolecular Hbond substituents is 1. The Morgan fingerprint density at radius 3 is 2.62 bits per heavy atom. The number of amides is 2. The topological polar surface area (TPSA) is 99.5 Å². The summed E-state index contributed by atoms with van der Waals surface area (Å²) >= 11 is 8.34. The predicted molar refractivity (Wildman–Crippen MR) is 133 cm³/mol. The van der Waals surface area contributed by atoms with Crippen molar-refractivity contribution in [2.75, 3.05) is 18.4 Å². The first-order chi connectivity index (χ1) is 14.9. The molecule has 3 rings (SSSR count). The lowest BCUT2D eigenvalue weighted by molar-refractivity contribution is -0.130. The number of carbonyl (C=O) groups excluding carboxylic acids is 2. The van der Waals surface area contributed by atoms with Crippen LogP contribution in [0.5, 0.6) is 5.75 Å². The summed E-state index contributed by atoms with van der Waals surface area (Å²) in [6, 6.07) is 3.27. The molecule has 1 aliphatic rings. The quantitative estimate of drug-likeness (QED) is 0.280. The summed E-state index contributed by atoms with van der Waals surface area (Å²) < 4.78 is 2.31. The standard InChI is InChI=1S/C22H27ClIN5O3/c1-6-18(31)29-10-12(11-29)26-21(32)19-20(24)27-17(28(19)5)9-25-15-7-13(22(2,3)4)14(23)8-16(15)30/h6-8,12,25,30H,1,9-11H2,2-5H3,(H,26,32). The number of rotatable bonds is 6. The summed E-state index contributed by atoms with van der Waals surface area (Å²) in [5, 5.41) is 17.0. The van der Waals surface area contributed by atoms with Crippen LogP contribution >= 0.6 is 34.2 Å². The van der Waals surface area contributed by atoms with Crippen molar-refractivity contribution in [1.82, 2.24) is 19.8 Å². The lowest BCUT2D eigenvalue weighted by atomic mass is 9.86. The number of hydrogen-bond donors (Lipinski definition) is 3. The van der Waals surface area contributed by atoms with E-state index in [1.54, 1.807) is 16.5 Å². The predicted octanol–water partition coefficient (Wildman–Crippen LogP) is 3.42. The number of halogens is 2. The van der Waals surface area contributed by atoms with E-state index in [9.17, 15) is 14.7 Å². The molecule has 0 saturated carbocycles. The van der Waals surface area contributed by atoms with Crippen LogP contribution in [-0.2, 0) is 23.8 Å². The van der Waals surface area contributed by atoms with E-state index < -0.39 is 0 Å². The molecule has 32 heavy (non-hydrogen) atoms. The third-order valence-corrected chi connectivity index (χ3v) is 6.46. The zero-order valence-electron chi connectivity index (χ0n) is 18.5. The number of imidazole rings is 1. The molecular weight excluding hydrogens is 545 g/mol. The highest BCUT2D eigenvalue weighted by molar-refractivity contribution is 14.1. The first kappa shape index (κ1) is 24.4. The number of aromatic nitrogens is 2. The second-order valence-corrected chi connectivity index (χ2v) is 10.2. The Bertz CT molecular complexity index is 1070. The average Bonchev–Trinajstić information content (AvgIpc) is 2.95. The Labute approximate surface area is 206 Å². The van der Waals surface area contributed by atoms with Crippen molar-refractivity contribution in [3.05, 3.63) is 50.6 Å². The van der Waals surface area contributed by atoms with Gasteiger partial charge in [0, 0.05) is 31.2 Å². The largest absolute Gasteiger partial charge is 0.506 e. The smallest absolute Gasteiger partial charge is 0.271 e. The third-order valence-electron chi connectivity index (χ3n) is 5.39. The molecule has 10 heteroatoms. The van der Waals surface area contributed by atoms with Gasteiger partial charge in [-0.1, -0.05) is 39.0 Å². The van der Waals surface area contributed by atoms with Gasteiger partial charge in [0.1, 0.15) is 21.0 Å². The Balaban J connectivity index is 1.70. The van der Waals surface area contributed by atoms with Crippen LogP contribution in [0.2, 0.25) is 5.02 Å². The van der Waals surface area contributed by atoms with Gasteiger partial charge in [-0.05, 0) is 45.7 Å². The summed E-state index contributed by atoms with van der Waals surface area (Å²) in [5.41, 5.74) is 1.73. The molecule has 0 radical (unpaired) electrons. The monoisotopic (exact) mass is 571 g/mol.